The van der Waals surface area contributed by atoms with E-state index in [1.165, 1.54) is 19.2 Å². The number of ether oxygens (including phenoxy) is 1. The highest BCUT2D eigenvalue weighted by Gasteiger charge is 2.09. The normalized spacial score (nSPS) is 10.0. The van der Waals surface area contributed by atoms with Crippen molar-refractivity contribution in [1.29, 1.82) is 0 Å². The van der Waals surface area contributed by atoms with E-state index in [0.717, 1.165) is 5.56 Å². The number of benzene rings is 2. The molecule has 0 atom stereocenters. The number of nitrogens with one attached hydrogen (secondary N) is 3. The van der Waals surface area contributed by atoms with Gasteiger partial charge in [0.05, 0.1) is 19.3 Å². The van der Waals surface area contributed by atoms with Crippen LogP contribution < -0.4 is 20.7 Å². The van der Waals surface area contributed by atoms with Gasteiger partial charge in [0.25, 0.3) is 0 Å². The van der Waals surface area contributed by atoms with Gasteiger partial charge in [-0.2, -0.15) is 0 Å². The summed E-state index contributed by atoms with van der Waals surface area (Å²) in [5.74, 6) is -0.322. The van der Waals surface area contributed by atoms with Gasteiger partial charge in [-0.3, -0.25) is 4.79 Å². The molecule has 0 aliphatic carbocycles. The molecule has 3 amide bonds. The van der Waals surface area contributed by atoms with Crippen molar-refractivity contribution < 1.29 is 18.7 Å². The molecule has 0 aliphatic heterocycles. The van der Waals surface area contributed by atoms with E-state index in [4.69, 9.17) is 16.3 Å². The van der Waals surface area contributed by atoms with Crippen LogP contribution in [0.5, 0.6) is 5.75 Å². The summed E-state index contributed by atoms with van der Waals surface area (Å²) >= 11 is 5.88. The summed E-state index contributed by atoms with van der Waals surface area (Å²) in [5, 5.41) is 8.05. The second-order valence-corrected chi connectivity index (χ2v) is 5.49. The lowest BCUT2D eigenvalue weighted by molar-refractivity contribution is -0.115. The van der Waals surface area contributed by atoms with Crippen LogP contribution in [0.4, 0.5) is 14.9 Å². The number of hydrogen-bond acceptors (Lipinski definition) is 3. The summed E-state index contributed by atoms with van der Waals surface area (Å²) in [6.07, 6.45) is 0. The number of rotatable bonds is 6. The maximum atomic E-state index is 12.8. The zero-order valence-electron chi connectivity index (χ0n) is 13.4. The van der Waals surface area contributed by atoms with Gasteiger partial charge in [0.15, 0.2) is 0 Å². The van der Waals surface area contributed by atoms with Crippen LogP contribution in [0.1, 0.15) is 5.56 Å². The molecule has 0 bridgehead atoms. The van der Waals surface area contributed by atoms with Gasteiger partial charge in [0.1, 0.15) is 11.6 Å². The summed E-state index contributed by atoms with van der Waals surface area (Å²) in [5.41, 5.74) is 1.15. The molecule has 6 nitrogen and oxygen atoms in total. The summed E-state index contributed by atoms with van der Waals surface area (Å²) in [6, 6.07) is 10.0. The van der Waals surface area contributed by atoms with Gasteiger partial charge in [-0.15, -0.1) is 0 Å². The average molecular weight is 366 g/mol. The maximum absolute atomic E-state index is 12.8. The van der Waals surface area contributed by atoms with Crippen molar-refractivity contribution in [2.75, 3.05) is 19.0 Å². The molecule has 2 aromatic carbocycles. The Bertz CT molecular complexity index is 753. The molecule has 0 radical (unpaired) electrons. The Hall–Kier alpha value is -2.80. The van der Waals surface area contributed by atoms with Crippen molar-refractivity contribution in [2.24, 2.45) is 0 Å². The largest absolute Gasteiger partial charge is 0.495 e. The van der Waals surface area contributed by atoms with Gasteiger partial charge in [0.2, 0.25) is 5.91 Å². The van der Waals surface area contributed by atoms with E-state index in [1.807, 2.05) is 0 Å². The lowest BCUT2D eigenvalue weighted by atomic mass is 10.2. The highest BCUT2D eigenvalue weighted by molar-refractivity contribution is 6.31. The minimum absolute atomic E-state index is 0.218. The molecule has 0 saturated carbocycles. The second kappa shape index (κ2) is 8.89. The van der Waals surface area contributed by atoms with Crippen LogP contribution in [0.15, 0.2) is 42.5 Å². The minimum Gasteiger partial charge on any atom is -0.495 e. The molecule has 0 unspecified atom stereocenters. The van der Waals surface area contributed by atoms with Crippen molar-refractivity contribution in [3.63, 3.8) is 0 Å². The average Bonchev–Trinajstić information content (AvgIpc) is 2.59. The fourth-order valence-corrected chi connectivity index (χ4v) is 2.15. The molecule has 132 valence electrons. The Morgan fingerprint density at radius 1 is 1.12 bits per heavy atom. The zero-order valence-corrected chi connectivity index (χ0v) is 14.2. The van der Waals surface area contributed by atoms with E-state index in [1.54, 1.807) is 30.3 Å². The summed E-state index contributed by atoms with van der Waals surface area (Å²) in [6.45, 7) is -0.0131. The molecule has 0 spiro atoms. The number of amides is 3. The Labute approximate surface area is 149 Å². The van der Waals surface area contributed by atoms with Crippen molar-refractivity contribution in [3.8, 4) is 5.75 Å². The third kappa shape index (κ3) is 5.96. The summed E-state index contributed by atoms with van der Waals surface area (Å²) in [4.78, 5) is 23.6. The number of methoxy groups -OCH3 is 1. The fraction of sp³-hybridized carbons (Fsp3) is 0.176. The van der Waals surface area contributed by atoms with Gasteiger partial charge in [-0.25, -0.2) is 9.18 Å². The Morgan fingerprint density at radius 2 is 1.84 bits per heavy atom. The molecule has 25 heavy (non-hydrogen) atoms. The Kier molecular flexibility index (Phi) is 6.59. The van der Waals surface area contributed by atoms with Crippen molar-refractivity contribution in [2.45, 2.75) is 6.54 Å². The smallest absolute Gasteiger partial charge is 0.315 e. The fourth-order valence-electron chi connectivity index (χ4n) is 1.98. The highest BCUT2D eigenvalue weighted by atomic mass is 35.5. The predicted molar refractivity (Wildman–Crippen MR) is 93.3 cm³/mol. The number of anilines is 1. The zero-order chi connectivity index (χ0) is 18.2. The van der Waals surface area contributed by atoms with E-state index < -0.39 is 11.9 Å². The highest BCUT2D eigenvalue weighted by Crippen LogP contribution is 2.27. The van der Waals surface area contributed by atoms with Crippen molar-refractivity contribution in [1.82, 2.24) is 10.6 Å². The van der Waals surface area contributed by atoms with Crippen LogP contribution in [0.3, 0.4) is 0 Å². The molecular formula is C17H17ClFN3O3. The predicted octanol–water partition coefficient (Wildman–Crippen LogP) is 2.93. The van der Waals surface area contributed by atoms with Gasteiger partial charge in [-0.1, -0.05) is 23.7 Å². The monoisotopic (exact) mass is 365 g/mol. The molecule has 2 rings (SSSR count). The number of carbonyl (C=O) groups is 2. The van der Waals surface area contributed by atoms with Gasteiger partial charge < -0.3 is 20.7 Å². The first-order valence-electron chi connectivity index (χ1n) is 7.37. The van der Waals surface area contributed by atoms with E-state index in [0.29, 0.717) is 16.5 Å². The van der Waals surface area contributed by atoms with Crippen LogP contribution in [-0.2, 0) is 11.3 Å². The SMILES string of the molecule is COc1ccc(Cl)cc1NC(=O)CNC(=O)NCc1ccc(F)cc1. The Balaban J connectivity index is 1.78. The third-order valence-corrected chi connectivity index (χ3v) is 3.45. The van der Waals surface area contributed by atoms with E-state index in [9.17, 15) is 14.0 Å². The summed E-state index contributed by atoms with van der Waals surface area (Å²) < 4.78 is 17.9. The van der Waals surface area contributed by atoms with Crippen molar-refractivity contribution >= 4 is 29.2 Å². The number of carbonyl (C=O) groups excluding carboxylic acids is 2. The first kappa shape index (κ1) is 18.5. The molecule has 0 saturated heterocycles. The molecule has 3 N–H and O–H groups in total. The molecule has 8 heteroatoms. The van der Waals surface area contributed by atoms with Crippen molar-refractivity contribution in [3.05, 3.63) is 58.9 Å². The Morgan fingerprint density at radius 3 is 2.52 bits per heavy atom. The van der Waals surface area contributed by atoms with Crippen LogP contribution in [-0.4, -0.2) is 25.6 Å². The molecule has 0 aromatic heterocycles. The van der Waals surface area contributed by atoms with Crippen LogP contribution >= 0.6 is 11.6 Å². The van der Waals surface area contributed by atoms with Gasteiger partial charge in [0, 0.05) is 11.6 Å². The quantitative estimate of drug-likeness (QED) is 0.736. The van der Waals surface area contributed by atoms with Gasteiger partial charge >= 0.3 is 6.03 Å². The molecular weight excluding hydrogens is 349 g/mol. The topological polar surface area (TPSA) is 79.5 Å². The van der Waals surface area contributed by atoms with Gasteiger partial charge in [-0.05, 0) is 35.9 Å². The maximum Gasteiger partial charge on any atom is 0.315 e. The first-order valence-corrected chi connectivity index (χ1v) is 7.75. The van der Waals surface area contributed by atoms with E-state index in [-0.39, 0.29) is 18.9 Å². The molecule has 0 heterocycles. The number of urea groups is 1. The summed E-state index contributed by atoms with van der Waals surface area (Å²) in [7, 11) is 1.47. The molecule has 0 fully saturated rings. The standard InChI is InChI=1S/C17H17ClFN3O3/c1-25-15-7-4-12(18)8-14(15)22-16(23)10-21-17(24)20-9-11-2-5-13(19)6-3-11/h2-8H,9-10H2,1H3,(H,22,23)(H2,20,21,24). The number of halogens is 2. The third-order valence-electron chi connectivity index (χ3n) is 3.21. The molecule has 0 aliphatic rings. The lowest BCUT2D eigenvalue weighted by Gasteiger charge is -2.11. The minimum atomic E-state index is -0.516. The van der Waals surface area contributed by atoms with Crippen LogP contribution in [0, 0.1) is 5.82 Å². The van der Waals surface area contributed by atoms with E-state index in [2.05, 4.69) is 16.0 Å². The second-order valence-electron chi connectivity index (χ2n) is 5.06. The number of hydrogen-bond donors (Lipinski definition) is 3. The van der Waals surface area contributed by atoms with E-state index >= 15 is 0 Å². The first-order chi connectivity index (χ1) is 12.0. The van der Waals surface area contributed by atoms with Crippen LogP contribution in [0.2, 0.25) is 5.02 Å². The van der Waals surface area contributed by atoms with Crippen LogP contribution in [0.25, 0.3) is 0 Å². The molecule has 2 aromatic rings. The lowest BCUT2D eigenvalue weighted by Crippen LogP contribution is -2.39.